The van der Waals surface area contributed by atoms with E-state index in [4.69, 9.17) is 0 Å². The van der Waals surface area contributed by atoms with Gasteiger partial charge >= 0.3 is 0 Å². The Balaban J connectivity index is 0.00000133. The van der Waals surface area contributed by atoms with Gasteiger partial charge in [0.2, 0.25) is 0 Å². The normalized spacial score (nSPS) is 17.8. The third kappa shape index (κ3) is 3.49. The molecule has 1 atom stereocenters. The Morgan fingerprint density at radius 3 is 2.47 bits per heavy atom. The van der Waals surface area contributed by atoms with Gasteiger partial charge in [-0.25, -0.2) is 0 Å². The SMILES string of the molecule is Cl.c1ccc(-c2cccc(NC3CCNC3)c2)cc1. The third-order valence-electron chi connectivity index (χ3n) is 3.40. The lowest BCUT2D eigenvalue weighted by atomic mass is 10.1. The van der Waals surface area contributed by atoms with Crippen molar-refractivity contribution < 1.29 is 0 Å². The predicted octanol–water partition coefficient (Wildman–Crippen LogP) is 3.55. The molecule has 1 heterocycles. The number of anilines is 1. The quantitative estimate of drug-likeness (QED) is 0.894. The van der Waals surface area contributed by atoms with Crippen molar-refractivity contribution in [2.24, 2.45) is 0 Å². The molecule has 0 amide bonds. The van der Waals surface area contributed by atoms with E-state index >= 15 is 0 Å². The first-order valence-electron chi connectivity index (χ1n) is 6.54. The van der Waals surface area contributed by atoms with Crippen molar-refractivity contribution in [2.45, 2.75) is 12.5 Å². The van der Waals surface area contributed by atoms with Gasteiger partial charge < -0.3 is 10.6 Å². The van der Waals surface area contributed by atoms with Crippen molar-refractivity contribution in [1.82, 2.24) is 5.32 Å². The zero-order valence-corrected chi connectivity index (χ0v) is 11.6. The fourth-order valence-corrected chi connectivity index (χ4v) is 2.43. The van der Waals surface area contributed by atoms with Gasteiger partial charge in [-0.3, -0.25) is 0 Å². The van der Waals surface area contributed by atoms with Crippen LogP contribution < -0.4 is 10.6 Å². The van der Waals surface area contributed by atoms with Crippen LogP contribution in [0, 0.1) is 0 Å². The van der Waals surface area contributed by atoms with E-state index in [0.29, 0.717) is 6.04 Å². The molecule has 2 nitrogen and oxygen atoms in total. The second-order valence-electron chi connectivity index (χ2n) is 4.78. The van der Waals surface area contributed by atoms with E-state index in [-0.39, 0.29) is 12.4 Å². The van der Waals surface area contributed by atoms with Crippen LogP contribution in [0.3, 0.4) is 0 Å². The Kier molecular flexibility index (Phi) is 4.83. The maximum absolute atomic E-state index is 3.59. The molecular formula is C16H19ClN2. The maximum atomic E-state index is 3.59. The largest absolute Gasteiger partial charge is 0.381 e. The average Bonchev–Trinajstić information content (AvgIpc) is 2.93. The lowest BCUT2D eigenvalue weighted by molar-refractivity contribution is 0.793. The summed E-state index contributed by atoms with van der Waals surface area (Å²) in [4.78, 5) is 0. The molecule has 0 radical (unpaired) electrons. The highest BCUT2D eigenvalue weighted by molar-refractivity contribution is 5.85. The average molecular weight is 275 g/mol. The van der Waals surface area contributed by atoms with Gasteiger partial charge in [0.25, 0.3) is 0 Å². The molecule has 2 N–H and O–H groups in total. The molecule has 100 valence electrons. The van der Waals surface area contributed by atoms with Gasteiger partial charge in [-0.05, 0) is 36.2 Å². The summed E-state index contributed by atoms with van der Waals surface area (Å²) in [7, 11) is 0. The van der Waals surface area contributed by atoms with Gasteiger partial charge in [0.05, 0.1) is 0 Å². The smallest absolute Gasteiger partial charge is 0.0398 e. The first-order valence-corrected chi connectivity index (χ1v) is 6.54. The summed E-state index contributed by atoms with van der Waals surface area (Å²) >= 11 is 0. The molecule has 0 saturated carbocycles. The van der Waals surface area contributed by atoms with Crippen LogP contribution in [-0.4, -0.2) is 19.1 Å². The van der Waals surface area contributed by atoms with Gasteiger partial charge in [0.1, 0.15) is 0 Å². The van der Waals surface area contributed by atoms with Gasteiger partial charge in [-0.2, -0.15) is 0 Å². The van der Waals surface area contributed by atoms with E-state index in [2.05, 4.69) is 65.2 Å². The zero-order valence-electron chi connectivity index (χ0n) is 10.8. The Bertz CT molecular complexity index is 507. The molecule has 19 heavy (non-hydrogen) atoms. The summed E-state index contributed by atoms with van der Waals surface area (Å²) in [5.74, 6) is 0. The van der Waals surface area contributed by atoms with Crippen LogP contribution >= 0.6 is 12.4 Å². The number of nitrogens with one attached hydrogen (secondary N) is 2. The lowest BCUT2D eigenvalue weighted by Crippen LogP contribution is -2.21. The van der Waals surface area contributed by atoms with E-state index in [1.165, 1.54) is 23.2 Å². The number of hydrogen-bond donors (Lipinski definition) is 2. The van der Waals surface area contributed by atoms with Crippen LogP contribution in [-0.2, 0) is 0 Å². The number of halogens is 1. The minimum Gasteiger partial charge on any atom is -0.381 e. The maximum Gasteiger partial charge on any atom is 0.0398 e. The first-order chi connectivity index (χ1) is 8.92. The minimum atomic E-state index is 0. The van der Waals surface area contributed by atoms with E-state index in [9.17, 15) is 0 Å². The molecule has 3 rings (SSSR count). The van der Waals surface area contributed by atoms with E-state index < -0.39 is 0 Å². The standard InChI is InChI=1S/C16H18N2.ClH/c1-2-5-13(6-3-1)14-7-4-8-15(11-14)18-16-9-10-17-12-16;/h1-8,11,16-18H,9-10,12H2;1H. The Labute approximate surface area is 120 Å². The molecule has 3 heteroatoms. The molecule has 1 saturated heterocycles. The molecule has 1 aliphatic rings. The van der Waals surface area contributed by atoms with E-state index in [1.807, 2.05) is 0 Å². The molecule has 0 aromatic heterocycles. The van der Waals surface area contributed by atoms with Gasteiger partial charge in [-0.15, -0.1) is 12.4 Å². The zero-order chi connectivity index (χ0) is 12.2. The van der Waals surface area contributed by atoms with Crippen molar-refractivity contribution in [3.05, 3.63) is 54.6 Å². The van der Waals surface area contributed by atoms with Crippen molar-refractivity contribution in [3.63, 3.8) is 0 Å². The van der Waals surface area contributed by atoms with Gasteiger partial charge in [0.15, 0.2) is 0 Å². The molecule has 0 spiro atoms. The van der Waals surface area contributed by atoms with Crippen molar-refractivity contribution in [3.8, 4) is 11.1 Å². The summed E-state index contributed by atoms with van der Waals surface area (Å²) in [6, 6.07) is 19.7. The second-order valence-corrected chi connectivity index (χ2v) is 4.78. The fraction of sp³-hybridized carbons (Fsp3) is 0.250. The monoisotopic (exact) mass is 274 g/mol. The minimum absolute atomic E-state index is 0. The summed E-state index contributed by atoms with van der Waals surface area (Å²) in [5, 5.41) is 6.96. The van der Waals surface area contributed by atoms with Crippen molar-refractivity contribution in [1.29, 1.82) is 0 Å². The predicted molar refractivity (Wildman–Crippen MR) is 84.0 cm³/mol. The van der Waals surface area contributed by atoms with Crippen molar-refractivity contribution >= 4 is 18.1 Å². The van der Waals surface area contributed by atoms with Crippen LogP contribution in [0.5, 0.6) is 0 Å². The molecule has 0 aliphatic carbocycles. The highest BCUT2D eigenvalue weighted by Gasteiger charge is 2.13. The molecule has 2 aromatic rings. The van der Waals surface area contributed by atoms with Crippen LogP contribution in [0.1, 0.15) is 6.42 Å². The number of hydrogen-bond acceptors (Lipinski definition) is 2. The topological polar surface area (TPSA) is 24.1 Å². The summed E-state index contributed by atoms with van der Waals surface area (Å²) in [6.45, 7) is 2.19. The summed E-state index contributed by atoms with van der Waals surface area (Å²) < 4.78 is 0. The third-order valence-corrected chi connectivity index (χ3v) is 3.40. The number of benzene rings is 2. The summed E-state index contributed by atoms with van der Waals surface area (Å²) in [5.41, 5.74) is 3.75. The molecule has 0 bridgehead atoms. The highest BCUT2D eigenvalue weighted by Crippen LogP contribution is 2.23. The first kappa shape index (κ1) is 13.9. The molecule has 1 unspecified atom stereocenters. The van der Waals surface area contributed by atoms with Crippen LogP contribution in [0.4, 0.5) is 5.69 Å². The van der Waals surface area contributed by atoms with Gasteiger partial charge in [0, 0.05) is 18.3 Å². The Morgan fingerprint density at radius 1 is 0.947 bits per heavy atom. The number of rotatable bonds is 3. The molecular weight excluding hydrogens is 256 g/mol. The van der Waals surface area contributed by atoms with E-state index in [1.54, 1.807) is 0 Å². The molecule has 2 aromatic carbocycles. The molecule has 1 aliphatic heterocycles. The second kappa shape index (κ2) is 6.60. The van der Waals surface area contributed by atoms with E-state index in [0.717, 1.165) is 13.1 Å². The Morgan fingerprint density at radius 2 is 1.74 bits per heavy atom. The fourth-order valence-electron chi connectivity index (χ4n) is 2.43. The highest BCUT2D eigenvalue weighted by atomic mass is 35.5. The molecule has 1 fully saturated rings. The van der Waals surface area contributed by atoms with Crippen LogP contribution in [0.15, 0.2) is 54.6 Å². The lowest BCUT2D eigenvalue weighted by Gasteiger charge is -2.13. The Hall–Kier alpha value is -1.51. The van der Waals surface area contributed by atoms with Crippen molar-refractivity contribution in [2.75, 3.05) is 18.4 Å². The van der Waals surface area contributed by atoms with Crippen LogP contribution in [0.2, 0.25) is 0 Å². The van der Waals surface area contributed by atoms with Crippen LogP contribution in [0.25, 0.3) is 11.1 Å². The summed E-state index contributed by atoms with van der Waals surface area (Å²) in [6.07, 6.45) is 1.20. The van der Waals surface area contributed by atoms with Gasteiger partial charge in [-0.1, -0.05) is 42.5 Å².